The predicted octanol–water partition coefficient (Wildman–Crippen LogP) is 3.05. The summed E-state index contributed by atoms with van der Waals surface area (Å²) < 4.78 is 0. The lowest BCUT2D eigenvalue weighted by Crippen LogP contribution is -2.42. The van der Waals surface area contributed by atoms with Crippen LogP contribution in [0.25, 0.3) is 0 Å². The smallest absolute Gasteiger partial charge is 0.0448 e. The highest BCUT2D eigenvalue weighted by molar-refractivity contribution is 7.98. The standard InChI is InChI=1S/C14H23NOS/c1-4-14(2,9-10-16)15-11-12-5-7-13(17-3)8-6-12/h5-8,15-16H,4,9-11H2,1-3H3. The molecule has 96 valence electrons. The van der Waals surface area contributed by atoms with Crippen LogP contribution in [0.5, 0.6) is 0 Å². The Bertz CT molecular complexity index is 325. The second-order valence-corrected chi connectivity index (χ2v) is 5.47. The van der Waals surface area contributed by atoms with Crippen molar-refractivity contribution in [3.05, 3.63) is 29.8 Å². The van der Waals surface area contributed by atoms with Gasteiger partial charge in [-0.1, -0.05) is 19.1 Å². The molecule has 1 unspecified atom stereocenters. The van der Waals surface area contributed by atoms with Crippen molar-refractivity contribution in [2.45, 2.75) is 43.7 Å². The van der Waals surface area contributed by atoms with E-state index in [0.717, 1.165) is 19.4 Å². The van der Waals surface area contributed by atoms with E-state index in [9.17, 15) is 0 Å². The second kappa shape index (κ2) is 7.04. The summed E-state index contributed by atoms with van der Waals surface area (Å²) in [5, 5.41) is 12.6. The predicted molar refractivity (Wildman–Crippen MR) is 75.5 cm³/mol. The summed E-state index contributed by atoms with van der Waals surface area (Å²) in [7, 11) is 0. The Morgan fingerprint density at radius 3 is 2.41 bits per heavy atom. The quantitative estimate of drug-likeness (QED) is 0.733. The van der Waals surface area contributed by atoms with E-state index in [1.165, 1.54) is 10.5 Å². The van der Waals surface area contributed by atoms with Crippen LogP contribution in [0.2, 0.25) is 0 Å². The van der Waals surface area contributed by atoms with Crippen molar-refractivity contribution >= 4 is 11.8 Å². The molecule has 0 heterocycles. The van der Waals surface area contributed by atoms with Crippen LogP contribution in [0.3, 0.4) is 0 Å². The van der Waals surface area contributed by atoms with E-state index in [4.69, 9.17) is 5.11 Å². The van der Waals surface area contributed by atoms with Crippen molar-refractivity contribution in [1.82, 2.24) is 5.32 Å². The molecule has 1 aromatic rings. The zero-order valence-electron chi connectivity index (χ0n) is 11.0. The Morgan fingerprint density at radius 1 is 1.29 bits per heavy atom. The highest BCUT2D eigenvalue weighted by Gasteiger charge is 2.19. The fourth-order valence-corrected chi connectivity index (χ4v) is 2.10. The minimum absolute atomic E-state index is 0.0347. The van der Waals surface area contributed by atoms with Crippen molar-refractivity contribution in [1.29, 1.82) is 0 Å². The lowest BCUT2D eigenvalue weighted by molar-refractivity contribution is 0.214. The van der Waals surface area contributed by atoms with Crippen LogP contribution < -0.4 is 5.32 Å². The molecule has 2 nitrogen and oxygen atoms in total. The zero-order chi connectivity index (χ0) is 12.7. The Hall–Kier alpha value is -0.510. The van der Waals surface area contributed by atoms with Crippen LogP contribution >= 0.6 is 11.8 Å². The van der Waals surface area contributed by atoms with E-state index in [0.29, 0.717) is 0 Å². The zero-order valence-corrected chi connectivity index (χ0v) is 11.8. The number of aliphatic hydroxyl groups is 1. The second-order valence-electron chi connectivity index (χ2n) is 4.59. The third-order valence-corrected chi connectivity index (χ3v) is 4.07. The highest BCUT2D eigenvalue weighted by atomic mass is 32.2. The fourth-order valence-electron chi connectivity index (χ4n) is 1.70. The van der Waals surface area contributed by atoms with Crippen LogP contribution in [0.1, 0.15) is 32.3 Å². The number of rotatable bonds is 7. The van der Waals surface area contributed by atoms with Crippen molar-refractivity contribution in [2.75, 3.05) is 12.9 Å². The molecule has 0 aliphatic rings. The number of benzene rings is 1. The molecule has 0 bridgehead atoms. The van der Waals surface area contributed by atoms with Gasteiger partial charge in [0.05, 0.1) is 0 Å². The first-order chi connectivity index (χ1) is 8.13. The molecule has 0 saturated carbocycles. The van der Waals surface area contributed by atoms with Gasteiger partial charge < -0.3 is 10.4 Å². The van der Waals surface area contributed by atoms with Crippen LogP contribution in [-0.4, -0.2) is 23.5 Å². The third-order valence-electron chi connectivity index (χ3n) is 3.32. The normalized spacial score (nSPS) is 14.6. The molecule has 0 aromatic heterocycles. The van der Waals surface area contributed by atoms with Crippen LogP contribution in [0.15, 0.2) is 29.2 Å². The Morgan fingerprint density at radius 2 is 1.94 bits per heavy atom. The fraction of sp³-hybridized carbons (Fsp3) is 0.571. The molecule has 1 rings (SSSR count). The molecule has 3 heteroatoms. The summed E-state index contributed by atoms with van der Waals surface area (Å²) in [6.07, 6.45) is 3.91. The Balaban J connectivity index is 2.53. The van der Waals surface area contributed by atoms with E-state index in [1.54, 1.807) is 11.8 Å². The summed E-state index contributed by atoms with van der Waals surface area (Å²) >= 11 is 1.76. The minimum Gasteiger partial charge on any atom is -0.396 e. The molecule has 0 amide bonds. The maximum Gasteiger partial charge on any atom is 0.0448 e. The van der Waals surface area contributed by atoms with E-state index >= 15 is 0 Å². The molecule has 0 aliphatic carbocycles. The van der Waals surface area contributed by atoms with Gasteiger partial charge >= 0.3 is 0 Å². The largest absolute Gasteiger partial charge is 0.396 e. The molecule has 1 atom stereocenters. The van der Waals surface area contributed by atoms with E-state index in [1.807, 2.05) is 0 Å². The molecule has 0 aliphatic heterocycles. The SMILES string of the molecule is CCC(C)(CCO)NCc1ccc(SC)cc1. The molecule has 0 spiro atoms. The van der Waals surface area contributed by atoms with Crippen molar-refractivity contribution in [3.8, 4) is 0 Å². The van der Waals surface area contributed by atoms with E-state index < -0.39 is 0 Å². The summed E-state index contributed by atoms with van der Waals surface area (Å²) in [4.78, 5) is 1.29. The van der Waals surface area contributed by atoms with Gasteiger partial charge in [-0.25, -0.2) is 0 Å². The van der Waals surface area contributed by atoms with E-state index in [-0.39, 0.29) is 12.1 Å². The number of hydrogen-bond donors (Lipinski definition) is 2. The monoisotopic (exact) mass is 253 g/mol. The first-order valence-electron chi connectivity index (χ1n) is 6.12. The van der Waals surface area contributed by atoms with Gasteiger partial charge in [0.2, 0.25) is 0 Å². The van der Waals surface area contributed by atoms with Crippen LogP contribution in [0.4, 0.5) is 0 Å². The summed E-state index contributed by atoms with van der Waals surface area (Å²) in [6.45, 7) is 5.42. The van der Waals surface area contributed by atoms with Crippen molar-refractivity contribution in [2.24, 2.45) is 0 Å². The van der Waals surface area contributed by atoms with Gasteiger partial charge in [-0.05, 0) is 43.7 Å². The van der Waals surface area contributed by atoms with Gasteiger partial charge in [-0.3, -0.25) is 0 Å². The van der Waals surface area contributed by atoms with Crippen molar-refractivity contribution < 1.29 is 5.11 Å². The average molecular weight is 253 g/mol. The Labute approximate surface area is 109 Å². The van der Waals surface area contributed by atoms with E-state index in [2.05, 4.69) is 49.7 Å². The number of nitrogens with one attached hydrogen (secondary N) is 1. The topological polar surface area (TPSA) is 32.3 Å². The van der Waals surface area contributed by atoms with Gasteiger partial charge in [0.1, 0.15) is 0 Å². The molecular weight excluding hydrogens is 230 g/mol. The van der Waals surface area contributed by atoms with Crippen LogP contribution in [0, 0.1) is 0 Å². The molecule has 2 N–H and O–H groups in total. The summed E-state index contributed by atoms with van der Waals surface area (Å²) in [6, 6.07) is 8.62. The summed E-state index contributed by atoms with van der Waals surface area (Å²) in [5.74, 6) is 0. The minimum atomic E-state index is 0.0347. The molecule has 0 fully saturated rings. The van der Waals surface area contributed by atoms with Gasteiger partial charge in [-0.15, -0.1) is 11.8 Å². The first kappa shape index (κ1) is 14.6. The average Bonchev–Trinajstić information content (AvgIpc) is 2.37. The highest BCUT2D eigenvalue weighted by Crippen LogP contribution is 2.17. The van der Waals surface area contributed by atoms with Crippen molar-refractivity contribution in [3.63, 3.8) is 0 Å². The lowest BCUT2D eigenvalue weighted by Gasteiger charge is -2.29. The number of hydrogen-bond acceptors (Lipinski definition) is 3. The molecule has 1 aromatic carbocycles. The summed E-state index contributed by atoms with van der Waals surface area (Å²) in [5.41, 5.74) is 1.33. The molecule has 0 saturated heterocycles. The maximum absolute atomic E-state index is 9.06. The molecular formula is C14H23NOS. The molecule has 0 radical (unpaired) electrons. The number of thioether (sulfide) groups is 1. The number of aliphatic hydroxyl groups excluding tert-OH is 1. The third kappa shape index (κ3) is 4.70. The van der Waals surface area contributed by atoms with Gasteiger partial charge in [0.25, 0.3) is 0 Å². The molecule has 17 heavy (non-hydrogen) atoms. The maximum atomic E-state index is 9.06. The van der Waals surface area contributed by atoms with Gasteiger partial charge in [0.15, 0.2) is 0 Å². The first-order valence-corrected chi connectivity index (χ1v) is 7.35. The van der Waals surface area contributed by atoms with Gasteiger partial charge in [0, 0.05) is 23.6 Å². The lowest BCUT2D eigenvalue weighted by atomic mass is 9.94. The van der Waals surface area contributed by atoms with Gasteiger partial charge in [-0.2, -0.15) is 0 Å². The van der Waals surface area contributed by atoms with Crippen LogP contribution in [-0.2, 0) is 6.54 Å². The Kier molecular flexibility index (Phi) is 6.03.